The third-order valence-electron chi connectivity index (χ3n) is 5.06. The van der Waals surface area contributed by atoms with Crippen LogP contribution in [0.1, 0.15) is 11.1 Å². The highest BCUT2D eigenvalue weighted by Crippen LogP contribution is 2.54. The summed E-state index contributed by atoms with van der Waals surface area (Å²) in [5.41, 5.74) is -27.6. The normalized spacial score (nSPS) is 10.6. The first-order valence-electron chi connectivity index (χ1n) is 9.80. The number of hydrogen-bond acceptors (Lipinski definition) is 20. The molecule has 0 aliphatic heterocycles. The maximum absolute atomic E-state index is 11.7. The van der Waals surface area contributed by atoms with Crippen LogP contribution in [0.25, 0.3) is 12.2 Å². The van der Waals surface area contributed by atoms with Gasteiger partial charge in [-0.3, -0.25) is 101 Å². The Labute approximate surface area is 231 Å². The maximum atomic E-state index is 11.7. The van der Waals surface area contributed by atoms with Crippen LogP contribution in [0.5, 0.6) is 0 Å². The van der Waals surface area contributed by atoms with E-state index in [0.717, 1.165) is 0 Å². The topological polar surface area (TPSA) is 431 Å². The van der Waals surface area contributed by atoms with Gasteiger partial charge in [-0.05, 0) is 12.2 Å². The summed E-state index contributed by atoms with van der Waals surface area (Å²) < 4.78 is 0. The van der Waals surface area contributed by atoms with Crippen molar-refractivity contribution in [2.24, 2.45) is 0 Å². The van der Waals surface area contributed by atoms with Gasteiger partial charge in [-0.1, -0.05) is 0 Å². The third-order valence-corrected chi connectivity index (χ3v) is 5.06. The van der Waals surface area contributed by atoms with Crippen LogP contribution in [0.4, 0.5) is 56.9 Å². The number of nitro groups is 10. The summed E-state index contributed by atoms with van der Waals surface area (Å²) >= 11 is 0. The molecule has 30 nitrogen and oxygen atoms in total. The maximum Gasteiger partial charge on any atom is 0.437 e. The highest BCUT2D eigenvalue weighted by Gasteiger charge is 2.55. The molecule has 0 aliphatic carbocycles. The molecule has 44 heavy (non-hydrogen) atoms. The summed E-state index contributed by atoms with van der Waals surface area (Å²) in [7, 11) is 0. The van der Waals surface area contributed by atoms with Crippen LogP contribution in [0.3, 0.4) is 0 Å². The van der Waals surface area contributed by atoms with Gasteiger partial charge in [0.2, 0.25) is 0 Å². The Morgan fingerprint density at radius 1 is 0.250 bits per heavy atom. The first-order chi connectivity index (χ1) is 20.2. The van der Waals surface area contributed by atoms with Gasteiger partial charge < -0.3 is 0 Å². The summed E-state index contributed by atoms with van der Waals surface area (Å²) in [4.78, 5) is 96.3. The summed E-state index contributed by atoms with van der Waals surface area (Å²) in [5, 5.41) is 116. The van der Waals surface area contributed by atoms with Crippen molar-refractivity contribution in [3.8, 4) is 0 Å². The smallest absolute Gasteiger partial charge is 0.258 e. The fourth-order valence-electron chi connectivity index (χ4n) is 3.67. The SMILES string of the molecule is O=[N+]([O-])c1c(C=Cc2c([N+](=O)[O-])c([N+](=O)[O-])c([N+](=O)[O-])c([N+](=O)[O-])c2[N+](=O)[O-])c([N+](=O)[O-])c([N+](=O)[O-])c([N+](=O)[O-])c1[N+](=O)[O-]. The predicted octanol–water partition coefficient (Wildman–Crippen LogP) is 2.94. The van der Waals surface area contributed by atoms with E-state index < -0.39 is 117 Å². The molecule has 2 aromatic carbocycles. The zero-order valence-corrected chi connectivity index (χ0v) is 19.8. The molecule has 2 rings (SSSR count). The Hall–Kier alpha value is -7.82. The first kappa shape index (κ1) is 32.4. The lowest BCUT2D eigenvalue weighted by atomic mass is 10.00. The second-order valence-electron chi connectivity index (χ2n) is 7.22. The van der Waals surface area contributed by atoms with Crippen LogP contribution in [-0.2, 0) is 0 Å². The Morgan fingerprint density at radius 2 is 0.364 bits per heavy atom. The van der Waals surface area contributed by atoms with E-state index in [-0.39, 0.29) is 12.2 Å². The second-order valence-corrected chi connectivity index (χ2v) is 7.22. The van der Waals surface area contributed by atoms with Gasteiger partial charge in [0.1, 0.15) is 11.1 Å². The molecule has 0 atom stereocenters. The van der Waals surface area contributed by atoms with Crippen LogP contribution in [0.15, 0.2) is 0 Å². The standard InChI is InChI=1S/C14H2N10O20/c25-15(26)5-3(6(16(27)28)10(20(35)36)13(23(41)42)9(5)19(33)34)1-2-4-7(17(29)30)11(21(37)38)14(24(43)44)12(22(39)40)8(4)18(31)32/h1-2H. The van der Waals surface area contributed by atoms with Crippen molar-refractivity contribution in [1.29, 1.82) is 0 Å². The molecule has 0 saturated carbocycles. The minimum absolute atomic E-state index is 0.353. The van der Waals surface area contributed by atoms with Gasteiger partial charge in [0, 0.05) is 0 Å². The Morgan fingerprint density at radius 3 is 0.477 bits per heavy atom. The quantitative estimate of drug-likeness (QED) is 0.185. The molecule has 0 spiro atoms. The molecule has 0 fully saturated rings. The zero-order valence-electron chi connectivity index (χ0n) is 19.8. The van der Waals surface area contributed by atoms with E-state index in [1.807, 2.05) is 0 Å². The molecule has 0 heterocycles. The van der Waals surface area contributed by atoms with Crippen molar-refractivity contribution in [1.82, 2.24) is 0 Å². The number of benzene rings is 2. The molecule has 2 aromatic rings. The van der Waals surface area contributed by atoms with Crippen molar-refractivity contribution in [3.63, 3.8) is 0 Å². The first-order valence-corrected chi connectivity index (χ1v) is 9.80. The summed E-state index contributed by atoms with van der Waals surface area (Å²) in [6.45, 7) is 0. The average molecular weight is 630 g/mol. The van der Waals surface area contributed by atoms with E-state index in [9.17, 15) is 101 Å². The molecule has 0 N–H and O–H groups in total. The highest BCUT2D eigenvalue weighted by molar-refractivity contribution is 5.97. The van der Waals surface area contributed by atoms with E-state index in [1.165, 1.54) is 0 Å². The average Bonchev–Trinajstić information content (AvgIpc) is 2.87. The predicted molar refractivity (Wildman–Crippen MR) is 128 cm³/mol. The minimum atomic E-state index is -2.41. The number of hydrogen-bond donors (Lipinski definition) is 0. The molecular weight excluding hydrogens is 628 g/mol. The van der Waals surface area contributed by atoms with Gasteiger partial charge in [-0.15, -0.1) is 0 Å². The molecule has 228 valence electrons. The molecule has 0 aromatic heterocycles. The van der Waals surface area contributed by atoms with E-state index in [1.54, 1.807) is 0 Å². The summed E-state index contributed by atoms with van der Waals surface area (Å²) in [6, 6.07) is 0. The van der Waals surface area contributed by atoms with Crippen LogP contribution in [0.2, 0.25) is 0 Å². The lowest BCUT2D eigenvalue weighted by Crippen LogP contribution is -2.11. The van der Waals surface area contributed by atoms with E-state index in [0.29, 0.717) is 0 Å². The molecule has 0 bridgehead atoms. The fourth-order valence-corrected chi connectivity index (χ4v) is 3.67. The molecule has 30 heteroatoms. The highest BCUT2D eigenvalue weighted by atomic mass is 16.7. The summed E-state index contributed by atoms with van der Waals surface area (Å²) in [6.07, 6.45) is -0.705. The minimum Gasteiger partial charge on any atom is -0.258 e. The zero-order chi connectivity index (χ0) is 34.1. The Balaban J connectivity index is 3.51. The molecule has 0 unspecified atom stereocenters. The third kappa shape index (κ3) is 5.19. The summed E-state index contributed by atoms with van der Waals surface area (Å²) in [5.74, 6) is 0. The van der Waals surface area contributed by atoms with Crippen molar-refractivity contribution in [2.45, 2.75) is 0 Å². The number of nitro benzene ring substituents is 10. The largest absolute Gasteiger partial charge is 0.437 e. The lowest BCUT2D eigenvalue weighted by Gasteiger charge is -2.05. The molecule has 0 radical (unpaired) electrons. The van der Waals surface area contributed by atoms with Crippen molar-refractivity contribution in [2.75, 3.05) is 0 Å². The van der Waals surface area contributed by atoms with Crippen molar-refractivity contribution < 1.29 is 49.2 Å². The second kappa shape index (κ2) is 11.3. The van der Waals surface area contributed by atoms with Gasteiger partial charge in [0.15, 0.2) is 0 Å². The van der Waals surface area contributed by atoms with Crippen molar-refractivity contribution in [3.05, 3.63) is 112 Å². The molecular formula is C14H2N10O20. The fraction of sp³-hybridized carbons (Fsp3) is 0. The number of rotatable bonds is 12. The van der Waals surface area contributed by atoms with Crippen molar-refractivity contribution >= 4 is 69.0 Å². The number of nitrogens with zero attached hydrogens (tertiary/aromatic N) is 10. The van der Waals surface area contributed by atoms with Crippen LogP contribution in [-0.4, -0.2) is 49.2 Å². The van der Waals surface area contributed by atoms with Gasteiger partial charge in [0.25, 0.3) is 0 Å². The Bertz CT molecular complexity index is 1610. The monoisotopic (exact) mass is 630 g/mol. The van der Waals surface area contributed by atoms with Gasteiger partial charge in [0.05, 0.1) is 49.2 Å². The Kier molecular flexibility index (Phi) is 8.35. The molecule has 0 amide bonds. The molecule has 0 aliphatic rings. The van der Waals surface area contributed by atoms with E-state index in [4.69, 9.17) is 0 Å². The molecule has 0 saturated heterocycles. The van der Waals surface area contributed by atoms with Crippen LogP contribution < -0.4 is 0 Å². The van der Waals surface area contributed by atoms with Gasteiger partial charge >= 0.3 is 56.9 Å². The van der Waals surface area contributed by atoms with E-state index in [2.05, 4.69) is 0 Å². The van der Waals surface area contributed by atoms with Crippen LogP contribution >= 0.6 is 0 Å². The van der Waals surface area contributed by atoms with Gasteiger partial charge in [-0.2, -0.15) is 0 Å². The van der Waals surface area contributed by atoms with Crippen LogP contribution in [0, 0.1) is 101 Å². The lowest BCUT2D eigenvalue weighted by molar-refractivity contribution is -0.460. The van der Waals surface area contributed by atoms with Gasteiger partial charge in [-0.25, -0.2) is 0 Å². The van der Waals surface area contributed by atoms with E-state index >= 15 is 0 Å².